The molecule has 2 heterocycles. The Morgan fingerprint density at radius 1 is 1.09 bits per heavy atom. The van der Waals surface area contributed by atoms with Crippen molar-refractivity contribution in [2.75, 3.05) is 13.1 Å². The highest BCUT2D eigenvalue weighted by Crippen LogP contribution is 2.18. The Hall–Kier alpha value is -3.68. The molecule has 0 atom stereocenters. The van der Waals surface area contributed by atoms with Gasteiger partial charge < -0.3 is 19.5 Å². The normalized spacial score (nSPS) is 14.2. The van der Waals surface area contributed by atoms with Crippen LogP contribution in [0.4, 0.5) is 0 Å². The van der Waals surface area contributed by atoms with Crippen LogP contribution in [0.15, 0.2) is 59.1 Å². The van der Waals surface area contributed by atoms with Crippen LogP contribution in [0.2, 0.25) is 0 Å². The van der Waals surface area contributed by atoms with Crippen LogP contribution in [0, 0.1) is 6.92 Å². The van der Waals surface area contributed by atoms with Crippen LogP contribution in [0.25, 0.3) is 0 Å². The Kier molecular flexibility index (Phi) is 7.34. The molecule has 2 aromatic carbocycles. The lowest BCUT2D eigenvalue weighted by molar-refractivity contribution is -0.122. The van der Waals surface area contributed by atoms with Crippen molar-refractivity contribution in [3.8, 4) is 5.75 Å². The molecule has 1 aliphatic heterocycles. The Morgan fingerprint density at radius 3 is 2.48 bits per heavy atom. The van der Waals surface area contributed by atoms with Gasteiger partial charge in [0.1, 0.15) is 5.75 Å². The summed E-state index contributed by atoms with van der Waals surface area (Å²) in [6, 6.07) is 17.2. The average Bonchev–Trinajstić information content (AvgIpc) is 3.27. The minimum atomic E-state index is -0.0100. The number of amides is 2. The van der Waals surface area contributed by atoms with Crippen LogP contribution < -0.4 is 10.1 Å². The fraction of sp³-hybridized carbons (Fsp3) is 0.360. The number of nitrogens with zero attached hydrogens (tertiary/aromatic N) is 3. The number of benzene rings is 2. The molecule has 3 aromatic rings. The average molecular weight is 449 g/mol. The Bertz CT molecular complexity index is 1060. The summed E-state index contributed by atoms with van der Waals surface area (Å²) in [5, 5.41) is 6.90. The van der Waals surface area contributed by atoms with Crippen LogP contribution in [-0.4, -0.2) is 46.0 Å². The van der Waals surface area contributed by atoms with E-state index in [2.05, 4.69) is 15.5 Å². The van der Waals surface area contributed by atoms with Crippen molar-refractivity contribution in [1.82, 2.24) is 20.4 Å². The molecule has 0 aliphatic carbocycles. The summed E-state index contributed by atoms with van der Waals surface area (Å²) < 4.78 is 10.5. The lowest BCUT2D eigenvalue weighted by Gasteiger charge is -2.32. The molecule has 33 heavy (non-hydrogen) atoms. The van der Waals surface area contributed by atoms with Gasteiger partial charge in [-0.05, 0) is 49.1 Å². The summed E-state index contributed by atoms with van der Waals surface area (Å²) >= 11 is 0. The largest absolute Gasteiger partial charge is 0.485 e. The van der Waals surface area contributed by atoms with Crippen molar-refractivity contribution in [1.29, 1.82) is 0 Å². The monoisotopic (exact) mass is 448 g/mol. The second kappa shape index (κ2) is 10.8. The number of aryl methyl sites for hydroxylation is 2. The zero-order valence-corrected chi connectivity index (χ0v) is 18.7. The highest BCUT2D eigenvalue weighted by Gasteiger charge is 2.24. The molecular weight excluding hydrogens is 420 g/mol. The first-order valence-corrected chi connectivity index (χ1v) is 11.2. The van der Waals surface area contributed by atoms with Gasteiger partial charge >= 0.3 is 0 Å². The number of nitrogens with one attached hydrogen (secondary N) is 1. The number of ether oxygens (including phenoxy) is 1. The number of aromatic nitrogens is 2. The summed E-state index contributed by atoms with van der Waals surface area (Å²) in [6.07, 6.45) is 2.73. The summed E-state index contributed by atoms with van der Waals surface area (Å²) in [5.74, 6) is 1.65. The number of hydrogen-bond donors (Lipinski definition) is 1. The predicted octanol–water partition coefficient (Wildman–Crippen LogP) is 3.31. The zero-order chi connectivity index (χ0) is 23.0. The van der Waals surface area contributed by atoms with Gasteiger partial charge in [0, 0.05) is 38.0 Å². The molecule has 4 rings (SSSR count). The van der Waals surface area contributed by atoms with Crippen molar-refractivity contribution < 1.29 is 18.8 Å². The first kappa shape index (κ1) is 22.5. The number of likely N-dealkylation sites (tertiary alicyclic amines) is 1. The van der Waals surface area contributed by atoms with Gasteiger partial charge in [0.25, 0.3) is 5.91 Å². The summed E-state index contributed by atoms with van der Waals surface area (Å²) in [5.41, 5.74) is 1.78. The fourth-order valence-electron chi connectivity index (χ4n) is 3.85. The minimum Gasteiger partial charge on any atom is -0.485 e. The van der Waals surface area contributed by atoms with E-state index in [1.165, 1.54) is 0 Å². The highest BCUT2D eigenvalue weighted by molar-refractivity contribution is 5.94. The molecule has 1 fully saturated rings. The fourth-order valence-corrected chi connectivity index (χ4v) is 3.85. The first-order chi connectivity index (χ1) is 16.1. The Labute approximate surface area is 192 Å². The molecule has 0 spiro atoms. The minimum absolute atomic E-state index is 0.0100. The van der Waals surface area contributed by atoms with E-state index in [1.807, 2.05) is 35.2 Å². The molecule has 8 nitrogen and oxygen atoms in total. The van der Waals surface area contributed by atoms with Crippen molar-refractivity contribution in [3.05, 3.63) is 77.4 Å². The third-order valence-electron chi connectivity index (χ3n) is 5.67. The van der Waals surface area contributed by atoms with E-state index in [1.54, 1.807) is 31.2 Å². The van der Waals surface area contributed by atoms with Crippen molar-refractivity contribution in [2.24, 2.45) is 0 Å². The molecule has 8 heteroatoms. The van der Waals surface area contributed by atoms with Gasteiger partial charge in [-0.25, -0.2) is 0 Å². The molecule has 1 aromatic heterocycles. The number of piperidine rings is 1. The summed E-state index contributed by atoms with van der Waals surface area (Å²) in [4.78, 5) is 31.1. The molecule has 0 saturated carbocycles. The predicted molar refractivity (Wildman–Crippen MR) is 122 cm³/mol. The molecule has 2 amide bonds. The van der Waals surface area contributed by atoms with Gasteiger partial charge in [-0.15, -0.1) is 0 Å². The van der Waals surface area contributed by atoms with Gasteiger partial charge in [0.2, 0.25) is 17.6 Å². The van der Waals surface area contributed by atoms with Crippen molar-refractivity contribution in [2.45, 2.75) is 45.3 Å². The number of rotatable bonds is 8. The molecule has 1 N–H and O–H groups in total. The Morgan fingerprint density at radius 2 is 1.82 bits per heavy atom. The molecule has 172 valence electrons. The lowest BCUT2D eigenvalue weighted by atomic mass is 10.0. The van der Waals surface area contributed by atoms with E-state index < -0.39 is 0 Å². The third kappa shape index (κ3) is 6.41. The van der Waals surface area contributed by atoms with E-state index in [4.69, 9.17) is 9.26 Å². The summed E-state index contributed by atoms with van der Waals surface area (Å²) in [7, 11) is 0. The number of hydrogen-bond acceptors (Lipinski definition) is 6. The topological polar surface area (TPSA) is 97.6 Å². The third-order valence-corrected chi connectivity index (χ3v) is 5.67. The van der Waals surface area contributed by atoms with Gasteiger partial charge in [-0.1, -0.05) is 35.5 Å². The van der Waals surface area contributed by atoms with Crippen LogP contribution in [0.3, 0.4) is 0 Å². The maximum atomic E-state index is 12.8. The maximum Gasteiger partial charge on any atom is 0.253 e. The zero-order valence-electron chi connectivity index (χ0n) is 18.7. The molecule has 1 aliphatic rings. The second-order valence-electron chi connectivity index (χ2n) is 8.16. The van der Waals surface area contributed by atoms with Gasteiger partial charge in [0.05, 0.1) is 0 Å². The number of carbonyl (C=O) groups is 2. The lowest BCUT2D eigenvalue weighted by Crippen LogP contribution is -2.46. The van der Waals surface area contributed by atoms with Gasteiger partial charge in [-0.2, -0.15) is 4.98 Å². The van der Waals surface area contributed by atoms with E-state index in [9.17, 15) is 9.59 Å². The molecular formula is C25H28N4O4. The summed E-state index contributed by atoms with van der Waals surface area (Å²) in [6.45, 7) is 3.17. The van der Waals surface area contributed by atoms with Crippen molar-refractivity contribution in [3.63, 3.8) is 0 Å². The van der Waals surface area contributed by atoms with Crippen LogP contribution in [-0.2, 0) is 17.8 Å². The number of carbonyl (C=O) groups excluding carboxylic acids is 2. The first-order valence-electron chi connectivity index (χ1n) is 11.2. The molecule has 1 saturated heterocycles. The smallest absolute Gasteiger partial charge is 0.253 e. The molecule has 0 radical (unpaired) electrons. The SMILES string of the molecule is Cc1nc(COc2ccc(C(=O)N3CCC(NC(=O)CCc4ccccc4)CC3)cc2)no1. The van der Waals surface area contributed by atoms with Crippen LogP contribution >= 0.6 is 0 Å². The van der Waals surface area contributed by atoms with E-state index in [0.29, 0.717) is 42.5 Å². The maximum absolute atomic E-state index is 12.8. The quantitative estimate of drug-likeness (QED) is 0.568. The van der Waals surface area contributed by atoms with Gasteiger partial charge in [-0.3, -0.25) is 9.59 Å². The standard InChI is InChI=1S/C25H28N4O4/c1-18-26-23(28-33-18)17-32-22-10-8-20(9-11-22)25(31)29-15-13-21(14-16-29)27-24(30)12-7-19-5-3-2-4-6-19/h2-6,8-11,21H,7,12-17H2,1H3,(H,27,30). The second-order valence-corrected chi connectivity index (χ2v) is 8.16. The molecule has 0 bridgehead atoms. The van der Waals surface area contributed by atoms with E-state index >= 15 is 0 Å². The van der Waals surface area contributed by atoms with Crippen molar-refractivity contribution >= 4 is 11.8 Å². The highest BCUT2D eigenvalue weighted by atomic mass is 16.5. The van der Waals surface area contributed by atoms with Crippen LogP contribution in [0.1, 0.15) is 46.9 Å². The van der Waals surface area contributed by atoms with E-state index in [-0.39, 0.29) is 24.5 Å². The Balaban J connectivity index is 1.19. The molecule has 0 unspecified atom stereocenters. The van der Waals surface area contributed by atoms with Crippen LogP contribution in [0.5, 0.6) is 5.75 Å². The van der Waals surface area contributed by atoms with E-state index in [0.717, 1.165) is 24.8 Å². The van der Waals surface area contributed by atoms with Gasteiger partial charge in [0.15, 0.2) is 6.61 Å².